The Morgan fingerprint density at radius 1 is 1.15 bits per heavy atom. The Bertz CT molecular complexity index is 829. The Hall–Kier alpha value is -0.190. The van der Waals surface area contributed by atoms with Gasteiger partial charge in [-0.2, -0.15) is 26.0 Å². The number of hydrogen-bond acceptors (Lipinski definition) is 9. The van der Waals surface area contributed by atoms with Gasteiger partial charge in [0.2, 0.25) is 14.2 Å². The maximum absolute atomic E-state index is 13.7. The summed E-state index contributed by atoms with van der Waals surface area (Å²) in [6, 6.07) is -4.09. The smallest absolute Gasteiger partial charge is 0.338 e. The van der Waals surface area contributed by atoms with Gasteiger partial charge in [0.05, 0.1) is 12.9 Å². The molecular weight excluding hydrogens is 522 g/mol. The molecule has 164 valence electrons. The minimum atomic E-state index is -6.76. The summed E-state index contributed by atoms with van der Waals surface area (Å²) in [6.07, 6.45) is 0.189. The van der Waals surface area contributed by atoms with Crippen LogP contribution in [0.25, 0.3) is 0 Å². The van der Waals surface area contributed by atoms with E-state index >= 15 is 0 Å². The summed E-state index contributed by atoms with van der Waals surface area (Å²) in [6.45, 7) is 0.133. The normalized spacial score (nSPS) is 17.9. The van der Waals surface area contributed by atoms with Gasteiger partial charge >= 0.3 is 21.6 Å². The summed E-state index contributed by atoms with van der Waals surface area (Å²) >= 11 is 2.08. The van der Waals surface area contributed by atoms with Crippen LogP contribution in [0.1, 0.15) is 6.92 Å². The van der Waals surface area contributed by atoms with Crippen LogP contribution in [0.4, 0.5) is 17.6 Å². The third kappa shape index (κ3) is 6.40. The Balaban J connectivity index is 6.67. The molecule has 0 aromatic carbocycles. The molecule has 0 bridgehead atoms. The maximum atomic E-state index is 13.7. The number of nitrogens with zero attached hydrogens (tertiary/aromatic N) is 2. The molecule has 2 atom stereocenters. The zero-order valence-electron chi connectivity index (χ0n) is 13.5. The largest absolute Gasteiger partial charge is 0.514 e. The lowest BCUT2D eigenvalue weighted by molar-refractivity contribution is -0.266. The van der Waals surface area contributed by atoms with Crippen LogP contribution >= 0.6 is 15.9 Å². The first-order valence-electron chi connectivity index (χ1n) is 6.12. The molecule has 0 aromatic heterocycles. The molecule has 0 radical (unpaired) electrons. The predicted molar refractivity (Wildman–Crippen MR) is 83.0 cm³/mol. The average molecular weight is 536 g/mol. The summed E-state index contributed by atoms with van der Waals surface area (Å²) < 4.78 is 121. The van der Waals surface area contributed by atoms with Crippen molar-refractivity contribution in [3.05, 3.63) is 0 Å². The van der Waals surface area contributed by atoms with E-state index in [2.05, 4.69) is 25.5 Å². The highest BCUT2D eigenvalue weighted by molar-refractivity contribution is 9.11. The fourth-order valence-corrected chi connectivity index (χ4v) is 5.01. The van der Waals surface area contributed by atoms with Crippen LogP contribution in [0.15, 0.2) is 0 Å². The Morgan fingerprint density at radius 2 is 1.59 bits per heavy atom. The van der Waals surface area contributed by atoms with E-state index in [0.29, 0.717) is 7.11 Å². The molecular formula is C7H14BrF4N3O9S3. The molecule has 0 heterocycles. The monoisotopic (exact) mass is 535 g/mol. The lowest BCUT2D eigenvalue weighted by Crippen LogP contribution is -2.62. The molecule has 0 rings (SSSR count). The Labute approximate surface area is 160 Å². The van der Waals surface area contributed by atoms with Gasteiger partial charge in [-0.25, -0.2) is 16.8 Å². The number of hydrazine groups is 2. The minimum absolute atomic E-state index is 0.189. The van der Waals surface area contributed by atoms with Crippen molar-refractivity contribution in [2.75, 3.05) is 20.0 Å². The molecule has 20 heteroatoms. The molecule has 0 saturated heterocycles. The number of methoxy groups -OCH3 is 1. The molecule has 0 aliphatic heterocycles. The van der Waals surface area contributed by atoms with Gasteiger partial charge in [0.25, 0.3) is 10.0 Å². The highest BCUT2D eigenvalue weighted by atomic mass is 79.9. The molecule has 0 saturated carbocycles. The fraction of sp³-hybridized carbons (Fsp3) is 1.00. The second-order valence-electron chi connectivity index (χ2n) is 4.36. The summed E-state index contributed by atoms with van der Waals surface area (Å²) in [5.74, 6) is 0. The van der Waals surface area contributed by atoms with Gasteiger partial charge in [-0.15, -0.1) is 4.83 Å². The van der Waals surface area contributed by atoms with Crippen LogP contribution in [-0.4, -0.2) is 75.1 Å². The van der Waals surface area contributed by atoms with Crippen molar-refractivity contribution >= 4 is 46.0 Å². The van der Waals surface area contributed by atoms with Gasteiger partial charge in [-0.3, -0.25) is 4.84 Å². The second kappa shape index (κ2) is 8.67. The minimum Gasteiger partial charge on any atom is -0.338 e. The van der Waals surface area contributed by atoms with E-state index < -0.39 is 61.5 Å². The van der Waals surface area contributed by atoms with Crippen molar-refractivity contribution < 1.29 is 57.5 Å². The first-order valence-corrected chi connectivity index (χ1v) is 11.9. The Kier molecular flexibility index (Phi) is 8.61. The molecule has 27 heavy (non-hydrogen) atoms. The topological polar surface area (TPSA) is 160 Å². The quantitative estimate of drug-likeness (QED) is 0.156. The molecule has 2 unspecified atom stereocenters. The lowest BCUT2D eigenvalue weighted by atomic mass is 10.7. The van der Waals surface area contributed by atoms with Gasteiger partial charge in [0.15, 0.2) is 0 Å². The predicted octanol–water partition coefficient (Wildman–Crippen LogP) is -0.916. The number of nitrogens with one attached hydrogen (secondary N) is 1. The maximum Gasteiger partial charge on any atom is 0.514 e. The first kappa shape index (κ1) is 26.8. The van der Waals surface area contributed by atoms with Crippen molar-refractivity contribution in [1.82, 2.24) is 13.9 Å². The molecule has 0 aliphatic carbocycles. The molecule has 12 nitrogen and oxygen atoms in total. The van der Waals surface area contributed by atoms with Crippen molar-refractivity contribution in [1.29, 1.82) is 0 Å². The summed E-state index contributed by atoms with van der Waals surface area (Å²) in [5.41, 5.74) is -6.22. The number of alkyl halides is 5. The van der Waals surface area contributed by atoms with E-state index in [9.17, 15) is 47.9 Å². The standard InChI is InChI=1S/C7H14BrF4N3O9S3/c1-4-24-15(26(19,20)5(8)6(9,16)23-2)14(13-25(3,17)18)27(21,22)7(10,11)12/h5,13,16H,4H2,1-3H3. The summed E-state index contributed by atoms with van der Waals surface area (Å²) in [7, 11) is -16.9. The van der Waals surface area contributed by atoms with Crippen LogP contribution in [0.5, 0.6) is 0 Å². The van der Waals surface area contributed by atoms with Crippen molar-refractivity contribution in [2.45, 2.75) is 22.6 Å². The molecule has 0 fully saturated rings. The van der Waals surface area contributed by atoms with Gasteiger partial charge in [-0.05, 0) is 11.4 Å². The van der Waals surface area contributed by atoms with E-state index in [4.69, 9.17) is 0 Å². The zero-order valence-corrected chi connectivity index (χ0v) is 17.5. The van der Waals surface area contributed by atoms with Crippen LogP contribution in [0.2, 0.25) is 0 Å². The number of rotatable bonds is 10. The van der Waals surface area contributed by atoms with Gasteiger partial charge in [-0.1, -0.05) is 15.9 Å². The van der Waals surface area contributed by atoms with Crippen molar-refractivity contribution in [3.8, 4) is 0 Å². The van der Waals surface area contributed by atoms with Crippen LogP contribution in [-0.2, 0) is 39.6 Å². The van der Waals surface area contributed by atoms with Crippen LogP contribution < -0.4 is 4.83 Å². The van der Waals surface area contributed by atoms with Crippen molar-refractivity contribution in [3.63, 3.8) is 0 Å². The van der Waals surface area contributed by atoms with Gasteiger partial charge < -0.3 is 9.84 Å². The third-order valence-corrected chi connectivity index (χ3v) is 7.70. The van der Waals surface area contributed by atoms with Crippen LogP contribution in [0.3, 0.4) is 0 Å². The third-order valence-electron chi connectivity index (χ3n) is 2.20. The molecule has 0 aliphatic rings. The molecule has 0 aromatic rings. The van der Waals surface area contributed by atoms with Gasteiger partial charge in [0, 0.05) is 11.7 Å². The molecule has 0 spiro atoms. The van der Waals surface area contributed by atoms with E-state index in [0.717, 1.165) is 11.8 Å². The average Bonchev–Trinajstić information content (AvgIpc) is 2.47. The first-order chi connectivity index (χ1) is 11.8. The highest BCUT2D eigenvalue weighted by Crippen LogP contribution is 2.33. The van der Waals surface area contributed by atoms with Crippen LogP contribution in [0, 0.1) is 0 Å². The number of aliphatic hydroxyl groups is 1. The fourth-order valence-electron chi connectivity index (χ4n) is 1.11. The number of sulfonamides is 3. The van der Waals surface area contributed by atoms with Crippen molar-refractivity contribution in [2.24, 2.45) is 0 Å². The van der Waals surface area contributed by atoms with E-state index in [-0.39, 0.29) is 6.26 Å². The summed E-state index contributed by atoms with van der Waals surface area (Å²) in [4.78, 5) is 5.03. The lowest BCUT2D eigenvalue weighted by Gasteiger charge is -2.33. The SMILES string of the molecule is CCON(N(NS(C)(=O)=O)S(=O)(=O)C(F)(F)F)S(=O)(=O)C(Br)C(O)(F)OC. The number of halogens is 5. The number of ether oxygens (including phenoxy) is 1. The van der Waals surface area contributed by atoms with Gasteiger partial charge in [0.1, 0.15) is 0 Å². The highest BCUT2D eigenvalue weighted by Gasteiger charge is 2.59. The second-order valence-corrected chi connectivity index (χ2v) is 11.2. The summed E-state index contributed by atoms with van der Waals surface area (Å²) in [5, 5.41) is 9.20. The molecule has 2 N–H and O–H groups in total. The zero-order chi connectivity index (χ0) is 22.1. The van der Waals surface area contributed by atoms with E-state index in [1.807, 2.05) is 0 Å². The van der Waals surface area contributed by atoms with E-state index in [1.54, 1.807) is 0 Å². The van der Waals surface area contributed by atoms with E-state index in [1.165, 1.54) is 0 Å². The number of hydrogen-bond donors (Lipinski definition) is 2. The molecule has 0 amide bonds. The Morgan fingerprint density at radius 3 is 1.89 bits per heavy atom.